The third kappa shape index (κ3) is 3.09. The van der Waals surface area contributed by atoms with Crippen LogP contribution in [0.4, 0.5) is 4.79 Å². The summed E-state index contributed by atoms with van der Waals surface area (Å²) in [5.41, 5.74) is 2.07. The van der Waals surface area contributed by atoms with Gasteiger partial charge in [0.2, 0.25) is 5.91 Å². The fraction of sp³-hybridized carbons (Fsp3) is 0.778. The first-order valence-electron chi connectivity index (χ1n) is 5.03. The Morgan fingerprint density at radius 2 is 2.27 bits per heavy atom. The predicted octanol–water partition coefficient (Wildman–Crippen LogP) is -0.0127. The van der Waals surface area contributed by atoms with Crippen LogP contribution in [-0.2, 0) is 9.53 Å². The maximum absolute atomic E-state index is 11.4. The van der Waals surface area contributed by atoms with E-state index in [0.717, 1.165) is 19.3 Å². The topological polar surface area (TPSA) is 84.7 Å². The van der Waals surface area contributed by atoms with Gasteiger partial charge in [-0.15, -0.1) is 0 Å². The molecule has 0 aromatic carbocycles. The SMILES string of the molecule is COC(=O)N1CCCCC1CC(=O)NN. The van der Waals surface area contributed by atoms with Crippen LogP contribution in [0.1, 0.15) is 25.7 Å². The summed E-state index contributed by atoms with van der Waals surface area (Å²) in [7, 11) is 1.34. The number of carbonyl (C=O) groups excluding carboxylic acids is 2. The van der Waals surface area contributed by atoms with E-state index in [1.54, 1.807) is 4.90 Å². The number of methoxy groups -OCH3 is 1. The monoisotopic (exact) mass is 215 g/mol. The number of nitrogens with one attached hydrogen (secondary N) is 1. The Hall–Kier alpha value is -1.30. The number of piperidine rings is 1. The summed E-state index contributed by atoms with van der Waals surface area (Å²) >= 11 is 0. The zero-order valence-electron chi connectivity index (χ0n) is 8.86. The van der Waals surface area contributed by atoms with Gasteiger partial charge in [0.1, 0.15) is 0 Å². The number of ether oxygens (including phenoxy) is 1. The largest absolute Gasteiger partial charge is 0.453 e. The van der Waals surface area contributed by atoms with E-state index in [-0.39, 0.29) is 24.5 Å². The standard InChI is InChI=1S/C9H17N3O3/c1-15-9(14)12-5-3-2-4-7(12)6-8(13)11-10/h7H,2-6,10H2,1H3,(H,11,13). The summed E-state index contributed by atoms with van der Waals surface area (Å²) in [6.45, 7) is 0.648. The lowest BCUT2D eigenvalue weighted by Crippen LogP contribution is -2.46. The first-order valence-corrected chi connectivity index (χ1v) is 5.03. The molecule has 1 heterocycles. The second-order valence-electron chi connectivity index (χ2n) is 3.58. The number of amides is 2. The molecule has 1 atom stereocenters. The average molecular weight is 215 g/mol. The molecule has 6 nitrogen and oxygen atoms in total. The molecular weight excluding hydrogens is 198 g/mol. The summed E-state index contributed by atoms with van der Waals surface area (Å²) in [5.74, 6) is 4.76. The number of hydrogen-bond donors (Lipinski definition) is 2. The highest BCUT2D eigenvalue weighted by Gasteiger charge is 2.28. The third-order valence-electron chi connectivity index (χ3n) is 2.62. The number of nitrogens with two attached hydrogens (primary N) is 1. The van der Waals surface area contributed by atoms with Gasteiger partial charge < -0.3 is 9.64 Å². The van der Waals surface area contributed by atoms with E-state index in [4.69, 9.17) is 5.84 Å². The molecule has 6 heteroatoms. The Kier molecular flexibility index (Phi) is 4.36. The smallest absolute Gasteiger partial charge is 0.409 e. The normalized spacial score (nSPS) is 20.9. The number of nitrogens with zero attached hydrogens (tertiary/aromatic N) is 1. The van der Waals surface area contributed by atoms with Crippen molar-refractivity contribution >= 4 is 12.0 Å². The molecule has 1 aliphatic heterocycles. The van der Waals surface area contributed by atoms with Crippen LogP contribution in [0.15, 0.2) is 0 Å². The van der Waals surface area contributed by atoms with Crippen LogP contribution in [0, 0.1) is 0 Å². The van der Waals surface area contributed by atoms with Crippen molar-refractivity contribution in [3.8, 4) is 0 Å². The average Bonchev–Trinajstić information content (AvgIpc) is 2.28. The Morgan fingerprint density at radius 3 is 2.87 bits per heavy atom. The highest BCUT2D eigenvalue weighted by atomic mass is 16.5. The molecule has 1 rings (SSSR count). The van der Waals surface area contributed by atoms with Crippen LogP contribution in [0.2, 0.25) is 0 Å². The minimum Gasteiger partial charge on any atom is -0.453 e. The molecule has 0 aliphatic carbocycles. The number of hydrazine groups is 1. The quantitative estimate of drug-likeness (QED) is 0.385. The van der Waals surface area contributed by atoms with Crippen molar-refractivity contribution in [1.82, 2.24) is 10.3 Å². The molecule has 0 saturated carbocycles. The van der Waals surface area contributed by atoms with E-state index in [9.17, 15) is 9.59 Å². The zero-order chi connectivity index (χ0) is 11.3. The summed E-state index contributed by atoms with van der Waals surface area (Å²) in [5, 5.41) is 0. The molecule has 15 heavy (non-hydrogen) atoms. The Bertz CT molecular complexity index is 245. The van der Waals surface area contributed by atoms with Crippen molar-refractivity contribution in [2.75, 3.05) is 13.7 Å². The Morgan fingerprint density at radius 1 is 1.53 bits per heavy atom. The summed E-state index contributed by atoms with van der Waals surface area (Å²) in [6.07, 6.45) is 2.67. The van der Waals surface area contributed by atoms with E-state index in [1.165, 1.54) is 7.11 Å². The number of likely N-dealkylation sites (tertiary alicyclic amines) is 1. The van der Waals surface area contributed by atoms with Gasteiger partial charge in [-0.2, -0.15) is 0 Å². The molecule has 1 aliphatic rings. The Balaban J connectivity index is 2.57. The van der Waals surface area contributed by atoms with Crippen molar-refractivity contribution in [1.29, 1.82) is 0 Å². The second-order valence-corrected chi connectivity index (χ2v) is 3.58. The summed E-state index contributed by atoms with van der Waals surface area (Å²) in [6, 6.07) is -0.0882. The van der Waals surface area contributed by atoms with Crippen LogP contribution in [0.25, 0.3) is 0 Å². The molecule has 1 unspecified atom stereocenters. The molecule has 3 N–H and O–H groups in total. The van der Waals surface area contributed by atoms with Crippen molar-refractivity contribution < 1.29 is 14.3 Å². The molecule has 1 fully saturated rings. The number of rotatable bonds is 2. The van der Waals surface area contributed by atoms with E-state index in [0.29, 0.717) is 6.54 Å². The van der Waals surface area contributed by atoms with Gasteiger partial charge in [-0.1, -0.05) is 0 Å². The van der Waals surface area contributed by atoms with Crippen LogP contribution in [-0.4, -0.2) is 36.6 Å². The lowest BCUT2D eigenvalue weighted by atomic mass is 10.00. The Labute approximate surface area is 88.7 Å². The first-order chi connectivity index (χ1) is 7.19. The number of hydrogen-bond acceptors (Lipinski definition) is 4. The van der Waals surface area contributed by atoms with Gasteiger partial charge in [-0.3, -0.25) is 10.2 Å². The second kappa shape index (κ2) is 5.55. The van der Waals surface area contributed by atoms with Crippen LogP contribution in [0.5, 0.6) is 0 Å². The van der Waals surface area contributed by atoms with E-state index in [1.807, 2.05) is 0 Å². The summed E-state index contributed by atoms with van der Waals surface area (Å²) < 4.78 is 4.66. The van der Waals surface area contributed by atoms with Crippen LogP contribution in [0.3, 0.4) is 0 Å². The highest BCUT2D eigenvalue weighted by Crippen LogP contribution is 2.20. The molecule has 0 spiro atoms. The van der Waals surface area contributed by atoms with Gasteiger partial charge in [-0.05, 0) is 19.3 Å². The maximum atomic E-state index is 11.4. The van der Waals surface area contributed by atoms with E-state index in [2.05, 4.69) is 10.2 Å². The minimum atomic E-state index is -0.371. The van der Waals surface area contributed by atoms with Gasteiger partial charge in [0.05, 0.1) is 7.11 Å². The van der Waals surface area contributed by atoms with Gasteiger partial charge in [-0.25, -0.2) is 10.6 Å². The lowest BCUT2D eigenvalue weighted by molar-refractivity contribution is -0.122. The van der Waals surface area contributed by atoms with Crippen molar-refractivity contribution in [3.63, 3.8) is 0 Å². The van der Waals surface area contributed by atoms with Gasteiger partial charge in [0, 0.05) is 19.0 Å². The first kappa shape index (κ1) is 11.8. The predicted molar refractivity (Wildman–Crippen MR) is 53.7 cm³/mol. The zero-order valence-corrected chi connectivity index (χ0v) is 8.86. The molecular formula is C9H17N3O3. The molecule has 0 bridgehead atoms. The van der Waals surface area contributed by atoms with Gasteiger partial charge in [0.15, 0.2) is 0 Å². The van der Waals surface area contributed by atoms with Gasteiger partial charge in [0.25, 0.3) is 0 Å². The number of carbonyl (C=O) groups is 2. The van der Waals surface area contributed by atoms with E-state index >= 15 is 0 Å². The minimum absolute atomic E-state index is 0.0882. The van der Waals surface area contributed by atoms with E-state index < -0.39 is 0 Å². The fourth-order valence-electron chi connectivity index (χ4n) is 1.84. The molecule has 0 aromatic heterocycles. The molecule has 0 radical (unpaired) electrons. The van der Waals surface area contributed by atoms with Crippen molar-refractivity contribution in [3.05, 3.63) is 0 Å². The third-order valence-corrected chi connectivity index (χ3v) is 2.62. The lowest BCUT2D eigenvalue weighted by Gasteiger charge is -2.33. The summed E-state index contributed by atoms with van der Waals surface area (Å²) in [4.78, 5) is 24.1. The van der Waals surface area contributed by atoms with Crippen molar-refractivity contribution in [2.45, 2.75) is 31.7 Å². The fourth-order valence-corrected chi connectivity index (χ4v) is 1.84. The van der Waals surface area contributed by atoms with Crippen LogP contribution >= 0.6 is 0 Å². The maximum Gasteiger partial charge on any atom is 0.409 e. The molecule has 1 saturated heterocycles. The highest BCUT2D eigenvalue weighted by molar-refractivity contribution is 5.77. The van der Waals surface area contributed by atoms with Crippen molar-refractivity contribution in [2.24, 2.45) is 5.84 Å². The van der Waals surface area contributed by atoms with Gasteiger partial charge >= 0.3 is 6.09 Å². The molecule has 86 valence electrons. The molecule has 0 aromatic rings. The molecule has 2 amide bonds. The van der Waals surface area contributed by atoms with Crippen LogP contribution < -0.4 is 11.3 Å².